The van der Waals surface area contributed by atoms with Crippen LogP contribution in [0.2, 0.25) is 0 Å². The van der Waals surface area contributed by atoms with Crippen LogP contribution >= 0.6 is 0 Å². The van der Waals surface area contributed by atoms with E-state index in [1.165, 1.54) is 0 Å². The zero-order valence-corrected chi connectivity index (χ0v) is 10.0. The molecule has 0 spiro atoms. The molecule has 2 atom stereocenters. The Labute approximate surface area is 93.0 Å². The Bertz CT molecular complexity index is 219. The smallest absolute Gasteiger partial charge is 0.305 e. The molecule has 0 bridgehead atoms. The lowest BCUT2D eigenvalue weighted by Crippen LogP contribution is -2.12. The second-order valence-electron chi connectivity index (χ2n) is 3.98. The molecule has 0 aliphatic heterocycles. The molecule has 0 radical (unpaired) electrons. The number of hydrogen-bond donors (Lipinski definition) is 0. The standard InChI is InChI=1S/C13H22O2/c1-5-7-8-11(3)9-12(4)10-15-13(14)6-2/h5,7-8,11-12H,1,6,9-10H2,2-4H3/b8-7+. The second kappa shape index (κ2) is 8.27. The van der Waals surface area contributed by atoms with Crippen molar-refractivity contribution < 1.29 is 9.53 Å². The van der Waals surface area contributed by atoms with Crippen molar-refractivity contribution in [2.45, 2.75) is 33.6 Å². The molecule has 0 heterocycles. The summed E-state index contributed by atoms with van der Waals surface area (Å²) in [6.07, 6.45) is 7.33. The third kappa shape index (κ3) is 7.98. The molecule has 0 amide bonds. The minimum absolute atomic E-state index is 0.115. The first-order chi connectivity index (χ1) is 7.10. The summed E-state index contributed by atoms with van der Waals surface area (Å²) < 4.78 is 5.08. The van der Waals surface area contributed by atoms with Gasteiger partial charge in [-0.3, -0.25) is 4.79 Å². The Hall–Kier alpha value is -1.05. The average molecular weight is 210 g/mol. The number of carbonyl (C=O) groups excluding carboxylic acids is 1. The molecular weight excluding hydrogens is 188 g/mol. The highest BCUT2D eigenvalue weighted by Gasteiger charge is 2.08. The predicted octanol–water partition coefficient (Wildman–Crippen LogP) is 3.34. The highest BCUT2D eigenvalue weighted by molar-refractivity contribution is 5.68. The van der Waals surface area contributed by atoms with Crippen LogP contribution in [0.15, 0.2) is 24.8 Å². The van der Waals surface area contributed by atoms with Crippen LogP contribution in [0.1, 0.15) is 33.6 Å². The fraction of sp³-hybridized carbons (Fsp3) is 0.615. The van der Waals surface area contributed by atoms with Gasteiger partial charge in [0.05, 0.1) is 6.61 Å². The van der Waals surface area contributed by atoms with E-state index in [1.54, 1.807) is 6.08 Å². The van der Waals surface area contributed by atoms with Gasteiger partial charge in [0.2, 0.25) is 0 Å². The normalized spacial score (nSPS) is 14.9. The summed E-state index contributed by atoms with van der Waals surface area (Å²) in [4.78, 5) is 10.9. The molecule has 2 unspecified atom stereocenters. The van der Waals surface area contributed by atoms with Crippen molar-refractivity contribution in [2.75, 3.05) is 6.61 Å². The van der Waals surface area contributed by atoms with Gasteiger partial charge < -0.3 is 4.74 Å². The van der Waals surface area contributed by atoms with E-state index in [0.717, 1.165) is 6.42 Å². The molecule has 0 aromatic heterocycles. The van der Waals surface area contributed by atoms with Gasteiger partial charge in [-0.25, -0.2) is 0 Å². The molecular formula is C13H22O2. The van der Waals surface area contributed by atoms with Crippen molar-refractivity contribution in [1.82, 2.24) is 0 Å². The Balaban J connectivity index is 3.72. The zero-order valence-electron chi connectivity index (χ0n) is 10.0. The molecule has 0 N–H and O–H groups in total. The Morgan fingerprint density at radius 2 is 2.13 bits per heavy atom. The largest absolute Gasteiger partial charge is 0.465 e. The summed E-state index contributed by atoms with van der Waals surface area (Å²) in [6.45, 7) is 10.2. The lowest BCUT2D eigenvalue weighted by atomic mass is 9.97. The van der Waals surface area contributed by atoms with Crippen molar-refractivity contribution in [1.29, 1.82) is 0 Å². The van der Waals surface area contributed by atoms with E-state index in [4.69, 9.17) is 4.74 Å². The van der Waals surface area contributed by atoms with Crippen LogP contribution < -0.4 is 0 Å². The van der Waals surface area contributed by atoms with Crippen LogP contribution in [0.4, 0.5) is 0 Å². The van der Waals surface area contributed by atoms with Crippen LogP contribution in [-0.2, 0) is 9.53 Å². The van der Waals surface area contributed by atoms with E-state index in [1.807, 2.05) is 13.0 Å². The fourth-order valence-electron chi connectivity index (χ4n) is 1.39. The summed E-state index contributed by atoms with van der Waals surface area (Å²) in [5, 5.41) is 0. The number of hydrogen-bond acceptors (Lipinski definition) is 2. The van der Waals surface area contributed by atoms with Crippen molar-refractivity contribution in [3.63, 3.8) is 0 Å². The van der Waals surface area contributed by atoms with E-state index in [-0.39, 0.29) is 5.97 Å². The van der Waals surface area contributed by atoms with Gasteiger partial charge in [-0.2, -0.15) is 0 Å². The molecule has 0 rings (SSSR count). The quantitative estimate of drug-likeness (QED) is 0.476. The van der Waals surface area contributed by atoms with Gasteiger partial charge in [-0.05, 0) is 18.3 Å². The average Bonchev–Trinajstić information content (AvgIpc) is 2.22. The van der Waals surface area contributed by atoms with E-state index < -0.39 is 0 Å². The molecule has 0 aliphatic rings. The van der Waals surface area contributed by atoms with Crippen LogP contribution in [-0.4, -0.2) is 12.6 Å². The molecule has 0 aromatic carbocycles. The fourth-order valence-corrected chi connectivity index (χ4v) is 1.39. The molecule has 0 saturated heterocycles. The molecule has 15 heavy (non-hydrogen) atoms. The van der Waals surface area contributed by atoms with Gasteiger partial charge in [0.15, 0.2) is 0 Å². The van der Waals surface area contributed by atoms with E-state index in [0.29, 0.717) is 24.9 Å². The first kappa shape index (κ1) is 13.9. The number of ether oxygens (including phenoxy) is 1. The zero-order chi connectivity index (χ0) is 11.7. The van der Waals surface area contributed by atoms with Crippen molar-refractivity contribution in [3.05, 3.63) is 24.8 Å². The Kier molecular flexibility index (Phi) is 7.69. The van der Waals surface area contributed by atoms with Gasteiger partial charge in [0, 0.05) is 6.42 Å². The van der Waals surface area contributed by atoms with Gasteiger partial charge in [0.25, 0.3) is 0 Å². The van der Waals surface area contributed by atoms with E-state index >= 15 is 0 Å². The maximum absolute atomic E-state index is 10.9. The van der Waals surface area contributed by atoms with Crippen molar-refractivity contribution in [2.24, 2.45) is 11.8 Å². The monoisotopic (exact) mass is 210 g/mol. The Morgan fingerprint density at radius 3 is 2.67 bits per heavy atom. The molecule has 0 fully saturated rings. The van der Waals surface area contributed by atoms with Gasteiger partial charge in [0.1, 0.15) is 0 Å². The number of esters is 1. The molecule has 2 heteroatoms. The number of carbonyl (C=O) groups is 1. The molecule has 0 aromatic rings. The summed E-state index contributed by atoms with van der Waals surface area (Å²) in [6, 6.07) is 0. The van der Waals surface area contributed by atoms with Crippen molar-refractivity contribution >= 4 is 5.97 Å². The molecule has 0 saturated carbocycles. The molecule has 86 valence electrons. The highest BCUT2D eigenvalue weighted by atomic mass is 16.5. The van der Waals surface area contributed by atoms with Gasteiger partial charge in [-0.15, -0.1) is 0 Å². The van der Waals surface area contributed by atoms with Gasteiger partial charge in [-0.1, -0.05) is 45.6 Å². The minimum Gasteiger partial charge on any atom is -0.465 e. The third-order valence-corrected chi connectivity index (χ3v) is 2.17. The topological polar surface area (TPSA) is 26.3 Å². The summed E-state index contributed by atoms with van der Waals surface area (Å²) in [5.74, 6) is 0.791. The highest BCUT2D eigenvalue weighted by Crippen LogP contribution is 2.13. The summed E-state index contributed by atoms with van der Waals surface area (Å²) in [5.41, 5.74) is 0. The van der Waals surface area contributed by atoms with Gasteiger partial charge >= 0.3 is 5.97 Å². The maximum atomic E-state index is 10.9. The lowest BCUT2D eigenvalue weighted by molar-refractivity contribution is -0.144. The van der Waals surface area contributed by atoms with Crippen molar-refractivity contribution in [3.8, 4) is 0 Å². The Morgan fingerprint density at radius 1 is 1.47 bits per heavy atom. The maximum Gasteiger partial charge on any atom is 0.305 e. The molecule has 0 aliphatic carbocycles. The number of rotatable bonds is 7. The van der Waals surface area contributed by atoms with Crippen LogP contribution in [0.25, 0.3) is 0 Å². The summed E-state index contributed by atoms with van der Waals surface area (Å²) >= 11 is 0. The minimum atomic E-state index is -0.115. The number of allylic oxidation sites excluding steroid dienone is 3. The van der Waals surface area contributed by atoms with Crippen LogP contribution in [0, 0.1) is 11.8 Å². The first-order valence-electron chi connectivity index (χ1n) is 5.55. The van der Waals surface area contributed by atoms with E-state index in [2.05, 4.69) is 26.5 Å². The van der Waals surface area contributed by atoms with Crippen LogP contribution in [0.3, 0.4) is 0 Å². The lowest BCUT2D eigenvalue weighted by Gasteiger charge is -2.14. The molecule has 2 nitrogen and oxygen atoms in total. The summed E-state index contributed by atoms with van der Waals surface area (Å²) in [7, 11) is 0. The second-order valence-corrected chi connectivity index (χ2v) is 3.98. The first-order valence-corrected chi connectivity index (χ1v) is 5.55. The third-order valence-electron chi connectivity index (χ3n) is 2.17. The van der Waals surface area contributed by atoms with E-state index in [9.17, 15) is 4.79 Å². The van der Waals surface area contributed by atoms with Crippen LogP contribution in [0.5, 0.6) is 0 Å². The predicted molar refractivity (Wildman–Crippen MR) is 63.5 cm³/mol. The SMILES string of the molecule is C=C/C=C/C(C)CC(C)COC(=O)CC.